The highest BCUT2D eigenvalue weighted by atomic mass is 32.2. The van der Waals surface area contributed by atoms with Crippen LogP contribution < -0.4 is 4.74 Å². The number of benzene rings is 2. The van der Waals surface area contributed by atoms with Crippen molar-refractivity contribution in [3.8, 4) is 16.3 Å². The van der Waals surface area contributed by atoms with E-state index in [4.69, 9.17) is 14.5 Å². The van der Waals surface area contributed by atoms with E-state index in [0.717, 1.165) is 51.9 Å². The second-order valence-corrected chi connectivity index (χ2v) is 10.1. The molecule has 3 aromatic rings. The smallest absolute Gasteiger partial charge is 0.416 e. The fraction of sp³-hybridized carbons (Fsp3) is 0.360. The average Bonchev–Trinajstić information content (AvgIpc) is 3.38. The molecule has 4 rings (SSSR count). The Kier molecular flexibility index (Phi) is 7.52. The van der Waals surface area contributed by atoms with Gasteiger partial charge in [0.1, 0.15) is 10.8 Å². The van der Waals surface area contributed by atoms with Gasteiger partial charge in [0.05, 0.1) is 17.9 Å². The Morgan fingerprint density at radius 3 is 2.65 bits per heavy atom. The van der Waals surface area contributed by atoms with E-state index in [2.05, 4.69) is 0 Å². The molecule has 34 heavy (non-hydrogen) atoms. The molecule has 0 saturated heterocycles. The van der Waals surface area contributed by atoms with Crippen LogP contribution in [0.4, 0.5) is 13.2 Å². The van der Waals surface area contributed by atoms with Crippen molar-refractivity contribution in [1.82, 2.24) is 4.98 Å². The zero-order valence-corrected chi connectivity index (χ0v) is 20.4. The number of hydrogen-bond donors (Lipinski definition) is 0. The van der Waals surface area contributed by atoms with Gasteiger partial charge in [-0.2, -0.15) is 13.2 Å². The number of nitrogens with zero attached hydrogens (tertiary/aromatic N) is 1. The number of alkyl halides is 3. The lowest BCUT2D eigenvalue weighted by Crippen LogP contribution is -2.14. The van der Waals surface area contributed by atoms with Crippen molar-refractivity contribution < 1.29 is 27.4 Å². The molecule has 180 valence electrons. The van der Waals surface area contributed by atoms with Gasteiger partial charge in [0, 0.05) is 27.0 Å². The van der Waals surface area contributed by atoms with Gasteiger partial charge in [-0.25, -0.2) is 9.78 Å². The maximum atomic E-state index is 12.8. The van der Waals surface area contributed by atoms with Crippen LogP contribution >= 0.6 is 23.1 Å². The van der Waals surface area contributed by atoms with Crippen LogP contribution in [0.2, 0.25) is 0 Å². The summed E-state index contributed by atoms with van der Waals surface area (Å²) in [6.07, 6.45) is -2.37. The molecule has 0 bridgehead atoms. The lowest BCUT2D eigenvalue weighted by atomic mass is 10.1. The first-order valence-electron chi connectivity index (χ1n) is 10.9. The van der Waals surface area contributed by atoms with Crippen molar-refractivity contribution in [2.24, 2.45) is 0 Å². The fourth-order valence-electron chi connectivity index (χ4n) is 3.80. The number of aryl methyl sites for hydroxylation is 2. The number of carbonyl (C=O) groups excluding carboxylic acids is 1. The van der Waals surface area contributed by atoms with Crippen molar-refractivity contribution in [2.75, 3.05) is 19.0 Å². The van der Waals surface area contributed by atoms with Gasteiger partial charge in [-0.3, -0.25) is 0 Å². The summed E-state index contributed by atoms with van der Waals surface area (Å²) in [6, 6.07) is 11.1. The van der Waals surface area contributed by atoms with Gasteiger partial charge in [-0.05, 0) is 62.6 Å². The second-order valence-electron chi connectivity index (χ2n) is 7.97. The third-order valence-electron chi connectivity index (χ3n) is 5.54. The molecule has 9 heteroatoms. The Morgan fingerprint density at radius 1 is 1.21 bits per heavy atom. The van der Waals surface area contributed by atoms with E-state index in [1.807, 2.05) is 25.1 Å². The minimum absolute atomic E-state index is 0.114. The second kappa shape index (κ2) is 10.4. The largest absolute Gasteiger partial charge is 0.482 e. The summed E-state index contributed by atoms with van der Waals surface area (Å²) in [7, 11) is 0. The average molecular weight is 508 g/mol. The van der Waals surface area contributed by atoms with Crippen LogP contribution in [0.3, 0.4) is 0 Å². The van der Waals surface area contributed by atoms with Gasteiger partial charge < -0.3 is 9.47 Å². The van der Waals surface area contributed by atoms with Gasteiger partial charge in [-0.15, -0.1) is 23.1 Å². The zero-order chi connectivity index (χ0) is 24.3. The van der Waals surface area contributed by atoms with Crippen LogP contribution in [0.25, 0.3) is 10.6 Å². The molecular weight excluding hydrogens is 483 g/mol. The van der Waals surface area contributed by atoms with E-state index >= 15 is 0 Å². The quantitative estimate of drug-likeness (QED) is 0.245. The topological polar surface area (TPSA) is 48.4 Å². The van der Waals surface area contributed by atoms with Gasteiger partial charge >= 0.3 is 12.1 Å². The molecule has 0 amide bonds. The summed E-state index contributed by atoms with van der Waals surface area (Å²) < 4.78 is 48.9. The standard InChI is InChI=1S/C25H24F3NO3S2/c1-3-31-22(30)13-32-20-10-9-19(12-15(20)2)33-14-17-6-11-21-23(17)29-24(34-21)16-4-7-18(8-5-16)25(26,27)28/h4-5,7-10,12,17H,3,6,11,13-14H2,1-2H3. The van der Waals surface area contributed by atoms with Gasteiger partial charge in [0.25, 0.3) is 0 Å². The van der Waals surface area contributed by atoms with Crippen LogP contribution in [0.1, 0.15) is 41.0 Å². The van der Waals surface area contributed by atoms with Crippen LogP contribution in [0, 0.1) is 6.92 Å². The van der Waals surface area contributed by atoms with E-state index in [-0.39, 0.29) is 6.61 Å². The molecule has 1 heterocycles. The van der Waals surface area contributed by atoms with Crippen molar-refractivity contribution in [1.29, 1.82) is 0 Å². The van der Waals surface area contributed by atoms with E-state index in [1.54, 1.807) is 30.0 Å². The first-order valence-corrected chi connectivity index (χ1v) is 12.7. The fourth-order valence-corrected chi connectivity index (χ4v) is 6.11. The Morgan fingerprint density at radius 2 is 1.97 bits per heavy atom. The summed E-state index contributed by atoms with van der Waals surface area (Å²) in [4.78, 5) is 18.6. The normalized spacial score (nSPS) is 15.3. The molecule has 1 aromatic heterocycles. The van der Waals surface area contributed by atoms with Crippen molar-refractivity contribution in [2.45, 2.75) is 43.7 Å². The maximum absolute atomic E-state index is 12.8. The first-order chi connectivity index (χ1) is 16.2. The number of esters is 1. The first kappa shape index (κ1) is 24.6. The zero-order valence-electron chi connectivity index (χ0n) is 18.8. The number of carbonyl (C=O) groups is 1. The molecule has 1 atom stereocenters. The molecule has 0 fully saturated rings. The Bertz CT molecular complexity index is 1160. The lowest BCUT2D eigenvalue weighted by molar-refractivity contribution is -0.145. The number of fused-ring (bicyclic) bond motifs is 1. The third kappa shape index (κ3) is 5.75. The van der Waals surface area contributed by atoms with Crippen LogP contribution in [-0.2, 0) is 22.1 Å². The Balaban J connectivity index is 1.37. The molecule has 4 nitrogen and oxygen atoms in total. The summed E-state index contributed by atoms with van der Waals surface area (Å²) in [5.74, 6) is 1.43. The summed E-state index contributed by atoms with van der Waals surface area (Å²) in [5, 5.41) is 0.771. The van der Waals surface area contributed by atoms with Crippen LogP contribution in [0.5, 0.6) is 5.75 Å². The van der Waals surface area contributed by atoms with E-state index in [1.165, 1.54) is 17.0 Å². The van der Waals surface area contributed by atoms with Crippen LogP contribution in [0.15, 0.2) is 47.4 Å². The summed E-state index contributed by atoms with van der Waals surface area (Å²) in [6.45, 7) is 3.90. The minimum Gasteiger partial charge on any atom is -0.482 e. The van der Waals surface area contributed by atoms with Crippen LogP contribution in [-0.4, -0.2) is 29.9 Å². The molecule has 2 aromatic carbocycles. The number of aromatic nitrogens is 1. The molecular formula is C25H24F3NO3S2. The maximum Gasteiger partial charge on any atom is 0.416 e. The van der Waals surface area contributed by atoms with Gasteiger partial charge in [0.2, 0.25) is 0 Å². The number of hydrogen-bond acceptors (Lipinski definition) is 6. The number of thioether (sulfide) groups is 1. The number of halogens is 3. The SMILES string of the molecule is CCOC(=O)COc1ccc(SCC2CCc3sc(-c4ccc(C(F)(F)F)cc4)nc32)cc1C. The molecule has 0 spiro atoms. The Labute approximate surface area is 204 Å². The van der Waals surface area contributed by atoms with Gasteiger partial charge in [0.15, 0.2) is 6.61 Å². The molecule has 1 unspecified atom stereocenters. The summed E-state index contributed by atoms with van der Waals surface area (Å²) in [5.41, 5.74) is 2.08. The van der Waals surface area contributed by atoms with E-state index in [0.29, 0.717) is 23.8 Å². The summed E-state index contributed by atoms with van der Waals surface area (Å²) >= 11 is 3.31. The molecule has 0 aliphatic heterocycles. The molecule has 1 aliphatic carbocycles. The highest BCUT2D eigenvalue weighted by molar-refractivity contribution is 7.99. The minimum atomic E-state index is -4.34. The predicted molar refractivity (Wildman–Crippen MR) is 128 cm³/mol. The molecule has 0 saturated carbocycles. The van der Waals surface area contributed by atoms with Crippen molar-refractivity contribution >= 4 is 29.1 Å². The number of rotatable bonds is 8. The molecule has 0 radical (unpaired) electrons. The van der Waals surface area contributed by atoms with Crippen molar-refractivity contribution in [3.05, 3.63) is 64.2 Å². The highest BCUT2D eigenvalue weighted by Gasteiger charge is 2.31. The monoisotopic (exact) mass is 507 g/mol. The van der Waals surface area contributed by atoms with E-state index in [9.17, 15) is 18.0 Å². The number of ether oxygens (including phenoxy) is 2. The lowest BCUT2D eigenvalue weighted by Gasteiger charge is -2.12. The molecule has 0 N–H and O–H groups in total. The van der Waals surface area contributed by atoms with Crippen molar-refractivity contribution in [3.63, 3.8) is 0 Å². The third-order valence-corrected chi connectivity index (χ3v) is 7.88. The Hall–Kier alpha value is -2.52. The highest BCUT2D eigenvalue weighted by Crippen LogP contribution is 2.42. The number of thiazole rings is 1. The molecule has 1 aliphatic rings. The van der Waals surface area contributed by atoms with Gasteiger partial charge in [-0.1, -0.05) is 12.1 Å². The predicted octanol–water partition coefficient (Wildman–Crippen LogP) is 6.90. The van der Waals surface area contributed by atoms with E-state index < -0.39 is 17.7 Å².